The molecule has 1 aliphatic carbocycles. The van der Waals surface area contributed by atoms with Crippen molar-refractivity contribution >= 4 is 45.9 Å². The number of alkyl halides is 2. The minimum atomic E-state index is -2.86. The van der Waals surface area contributed by atoms with Crippen LogP contribution in [0.15, 0.2) is 47.7 Å². The molecule has 1 unspecified atom stereocenters. The van der Waals surface area contributed by atoms with Gasteiger partial charge in [0, 0.05) is 64.1 Å². The largest absolute Gasteiger partial charge is 0.374 e. The fraction of sp³-hybridized carbons (Fsp3) is 0.523. The van der Waals surface area contributed by atoms with Gasteiger partial charge in [-0.15, -0.1) is 0 Å². The lowest BCUT2D eigenvalue weighted by atomic mass is 9.85. The van der Waals surface area contributed by atoms with E-state index in [0.29, 0.717) is 47.8 Å². The van der Waals surface area contributed by atoms with E-state index in [1.165, 1.54) is 19.8 Å². The first-order valence-electron chi connectivity index (χ1n) is 22.0. The molecule has 3 amide bonds. The monoisotopic (exact) mass is 862 g/mol. The van der Waals surface area contributed by atoms with Gasteiger partial charge in [0.2, 0.25) is 11.8 Å². The fourth-order valence-electron chi connectivity index (χ4n) is 11.1. The summed E-state index contributed by atoms with van der Waals surface area (Å²) in [6, 6.07) is 7.73. The van der Waals surface area contributed by atoms with Gasteiger partial charge in [0.05, 0.1) is 59.8 Å². The van der Waals surface area contributed by atoms with Crippen molar-refractivity contribution in [1.82, 2.24) is 48.6 Å². The van der Waals surface area contributed by atoms with Crippen molar-refractivity contribution in [1.29, 1.82) is 0 Å². The van der Waals surface area contributed by atoms with E-state index < -0.39 is 30.0 Å². The highest BCUT2D eigenvalue weighted by Gasteiger charge is 2.44. The number of carbonyl (C=O) groups is 3. The number of anilines is 2. The number of nitrogens with zero attached hydrogens (tertiary/aromatic N) is 10. The first kappa shape index (κ1) is 39.8. The van der Waals surface area contributed by atoms with Crippen molar-refractivity contribution in [3.8, 4) is 11.8 Å². The maximum Gasteiger partial charge on any atom is 0.329 e. The summed E-state index contributed by atoms with van der Waals surface area (Å²) in [5.41, 5.74) is 1.80. The summed E-state index contributed by atoms with van der Waals surface area (Å²) < 4.78 is 40.5. The van der Waals surface area contributed by atoms with Crippen molar-refractivity contribution in [2.45, 2.75) is 94.1 Å². The number of piperidine rings is 1. The Morgan fingerprint density at radius 1 is 1.00 bits per heavy atom. The van der Waals surface area contributed by atoms with Gasteiger partial charge < -0.3 is 15.0 Å². The van der Waals surface area contributed by atoms with E-state index in [9.17, 15) is 28.0 Å². The average molecular weight is 863 g/mol. The predicted octanol–water partition coefficient (Wildman–Crippen LogP) is 3.27. The molecule has 328 valence electrons. The number of rotatable bonds is 9. The molecule has 63 heavy (non-hydrogen) atoms. The molecule has 4 aromatic heterocycles. The quantitative estimate of drug-likeness (QED) is 0.165. The first-order chi connectivity index (χ1) is 30.6. The lowest BCUT2D eigenvalue weighted by molar-refractivity contribution is -0.135. The molecule has 5 atom stereocenters. The Hall–Kier alpha value is -5.97. The van der Waals surface area contributed by atoms with Gasteiger partial charge in [-0.25, -0.2) is 23.1 Å². The van der Waals surface area contributed by atoms with Crippen molar-refractivity contribution in [2.75, 3.05) is 49.5 Å². The maximum absolute atomic E-state index is 14.3. The second-order valence-electron chi connectivity index (χ2n) is 18.0. The van der Waals surface area contributed by atoms with Crippen LogP contribution in [0.3, 0.4) is 0 Å². The lowest BCUT2D eigenvalue weighted by Gasteiger charge is -2.37. The third kappa shape index (κ3) is 7.08. The average Bonchev–Trinajstić information content (AvgIpc) is 4.16. The van der Waals surface area contributed by atoms with Crippen LogP contribution in [-0.2, 0) is 21.4 Å². The SMILES string of the molecule is Cn1c(=O)n(C2CCC(=O)NC2=O)c2cccc(C#CCN3C[C@@H]4C[C@H]3CN4CC3CCC(n4cc(NC(=O)c5cnn6ccc(N7C[C@H]8C[C@@H]7CO8)nc56)c(C(F)F)n4)CC3)c21. The predicted molar refractivity (Wildman–Crippen MR) is 225 cm³/mol. The highest BCUT2D eigenvalue weighted by Crippen LogP contribution is 2.38. The summed E-state index contributed by atoms with van der Waals surface area (Å²) in [6.45, 7) is 4.89. The highest BCUT2D eigenvalue weighted by atomic mass is 19.3. The number of nitrogens with one attached hydrogen (secondary N) is 2. The smallest absolute Gasteiger partial charge is 0.329 e. The minimum Gasteiger partial charge on any atom is -0.374 e. The Kier molecular flexibility index (Phi) is 9.92. The summed E-state index contributed by atoms with van der Waals surface area (Å²) >= 11 is 0. The van der Waals surface area contributed by atoms with Crippen LogP contribution >= 0.6 is 0 Å². The molecular weight excluding hydrogens is 815 g/mol. The molecule has 4 bridgehead atoms. The van der Waals surface area contributed by atoms with Gasteiger partial charge in [0.25, 0.3) is 12.3 Å². The topological polar surface area (TPSA) is 169 Å². The second-order valence-corrected chi connectivity index (χ2v) is 18.0. The number of ether oxygens (including phenoxy) is 1. The molecule has 0 spiro atoms. The van der Waals surface area contributed by atoms with Crippen LogP contribution in [0.5, 0.6) is 0 Å². The van der Waals surface area contributed by atoms with Crippen molar-refractivity contribution in [3.63, 3.8) is 0 Å². The lowest BCUT2D eigenvalue weighted by Crippen LogP contribution is -2.48. The first-order valence-corrected chi connectivity index (χ1v) is 22.0. The van der Waals surface area contributed by atoms with Crippen LogP contribution in [-0.4, -0.2) is 125 Å². The molecule has 11 rings (SSSR count). The number of imide groups is 1. The molecule has 19 heteroatoms. The molecule has 6 fully saturated rings. The molecule has 0 radical (unpaired) electrons. The number of amides is 3. The normalized spacial score (nSPS) is 27.2. The fourth-order valence-corrected chi connectivity index (χ4v) is 11.1. The number of carbonyl (C=O) groups excluding carboxylic acids is 3. The summed E-state index contributed by atoms with van der Waals surface area (Å²) in [5.74, 6) is 6.53. The minimum absolute atomic E-state index is 0.00416. The van der Waals surface area contributed by atoms with Gasteiger partial charge in [-0.1, -0.05) is 17.9 Å². The number of morpholine rings is 1. The number of aromatic nitrogens is 7. The zero-order valence-corrected chi connectivity index (χ0v) is 34.8. The van der Waals surface area contributed by atoms with Gasteiger partial charge in [-0.05, 0) is 69.1 Å². The molecule has 5 aromatic rings. The van der Waals surface area contributed by atoms with Crippen LogP contribution < -0.4 is 21.2 Å². The second kappa shape index (κ2) is 15.7. The number of fused-ring (bicyclic) bond motifs is 6. The number of benzene rings is 1. The van der Waals surface area contributed by atoms with Gasteiger partial charge in [0.1, 0.15) is 17.4 Å². The van der Waals surface area contributed by atoms with Crippen LogP contribution in [0.1, 0.15) is 91.5 Å². The Morgan fingerprint density at radius 2 is 1.83 bits per heavy atom. The van der Waals surface area contributed by atoms with E-state index in [1.807, 2.05) is 24.3 Å². The van der Waals surface area contributed by atoms with Crippen LogP contribution in [0.2, 0.25) is 0 Å². The molecule has 5 saturated heterocycles. The van der Waals surface area contributed by atoms with Crippen molar-refractivity contribution in [3.05, 3.63) is 70.2 Å². The number of para-hydroxylation sites is 1. The molecule has 5 aliphatic heterocycles. The Bertz CT molecular complexity index is 2780. The van der Waals surface area contributed by atoms with Gasteiger partial charge >= 0.3 is 5.69 Å². The van der Waals surface area contributed by atoms with Crippen LogP contribution in [0, 0.1) is 17.8 Å². The third-order valence-electron chi connectivity index (χ3n) is 14.3. The number of imidazole rings is 1. The van der Waals surface area contributed by atoms with Crippen LogP contribution in [0.4, 0.5) is 20.3 Å². The number of halogens is 2. The number of hydrogen-bond donors (Lipinski definition) is 2. The molecule has 2 N–H and O–H groups in total. The number of hydrogen-bond acceptors (Lipinski definition) is 11. The van der Waals surface area contributed by atoms with E-state index in [2.05, 4.69) is 47.4 Å². The van der Waals surface area contributed by atoms with E-state index in [4.69, 9.17) is 9.72 Å². The van der Waals surface area contributed by atoms with Crippen molar-refractivity contribution < 1.29 is 27.9 Å². The highest BCUT2D eigenvalue weighted by molar-refractivity contribution is 6.08. The van der Waals surface area contributed by atoms with Crippen LogP contribution in [0.25, 0.3) is 16.7 Å². The van der Waals surface area contributed by atoms with Gasteiger partial charge in [-0.2, -0.15) is 10.2 Å². The molecule has 17 nitrogen and oxygen atoms in total. The third-order valence-corrected chi connectivity index (χ3v) is 14.3. The number of aryl methyl sites for hydroxylation is 1. The number of likely N-dealkylation sites (tertiary alicyclic amines) is 2. The van der Waals surface area contributed by atoms with E-state index in [-0.39, 0.29) is 53.9 Å². The number of piperazine rings is 1. The maximum atomic E-state index is 14.3. The molecule has 1 saturated carbocycles. The summed E-state index contributed by atoms with van der Waals surface area (Å²) in [4.78, 5) is 63.3. The molecular formula is C44H48F2N12O5. The Balaban J connectivity index is 0.690. The molecule has 6 aliphatic rings. The zero-order chi connectivity index (χ0) is 43.1. The standard InChI is InChI=1S/C44H48F2N12O5/c1-52-39-26(4-2-6-34(39)58(44(52)62)35-11-12-37(59)50-43(35)61)5-3-14-53-20-29-16-28(53)21-54(29)19-25-7-9-27(10-8-25)57-23-33(38(51-57)40(45)46)48-42(60)32-18-47-56-15-13-36(49-41(32)56)55-22-31-17-30(55)24-63-31/h2,4,6,13,15,18,23,25,27-31,35,40H,7-12,14,16-17,19-22,24H2,1H3,(H,48,60)(H,50,59,61)/t25?,27?,28-,29-,30+,31+,35?/m0/s1. The zero-order valence-electron chi connectivity index (χ0n) is 34.8. The summed E-state index contributed by atoms with van der Waals surface area (Å²) in [5, 5.41) is 13.7. The Labute approximate surface area is 360 Å². The van der Waals surface area contributed by atoms with Gasteiger partial charge in [0.15, 0.2) is 11.3 Å². The summed E-state index contributed by atoms with van der Waals surface area (Å²) in [7, 11) is 1.68. The molecule has 9 heterocycles. The van der Waals surface area contributed by atoms with Gasteiger partial charge in [-0.3, -0.25) is 43.3 Å². The van der Waals surface area contributed by atoms with E-state index in [0.717, 1.165) is 76.1 Å². The van der Waals surface area contributed by atoms with E-state index in [1.54, 1.807) is 24.1 Å². The molecule has 1 aromatic carbocycles. The Morgan fingerprint density at radius 3 is 2.57 bits per heavy atom. The van der Waals surface area contributed by atoms with Crippen molar-refractivity contribution in [2.24, 2.45) is 13.0 Å². The summed E-state index contributed by atoms with van der Waals surface area (Å²) in [6.07, 6.45) is 8.07. The van der Waals surface area contributed by atoms with E-state index >= 15 is 0 Å².